The molecule has 2 aromatic rings. The third-order valence-electron chi connectivity index (χ3n) is 4.98. The van der Waals surface area contributed by atoms with Crippen molar-refractivity contribution in [1.29, 1.82) is 0 Å². The summed E-state index contributed by atoms with van der Waals surface area (Å²) in [7, 11) is -3.87. The number of rotatable bonds is 7. The highest BCUT2D eigenvalue weighted by molar-refractivity contribution is 7.89. The summed E-state index contributed by atoms with van der Waals surface area (Å²) in [5, 5.41) is 5.08. The highest BCUT2D eigenvalue weighted by Gasteiger charge is 2.30. The van der Waals surface area contributed by atoms with E-state index in [4.69, 9.17) is 16.3 Å². The van der Waals surface area contributed by atoms with Gasteiger partial charge in [0.15, 0.2) is 0 Å². The van der Waals surface area contributed by atoms with Crippen LogP contribution in [0.15, 0.2) is 40.6 Å². The Bertz CT molecular complexity index is 979. The van der Waals surface area contributed by atoms with Gasteiger partial charge in [0.2, 0.25) is 10.0 Å². The van der Waals surface area contributed by atoms with E-state index >= 15 is 0 Å². The summed E-state index contributed by atoms with van der Waals surface area (Å²) in [5.41, 5.74) is 0.0210. The molecule has 0 bridgehead atoms. The predicted molar refractivity (Wildman–Crippen MR) is 120 cm³/mol. The molecule has 0 saturated carbocycles. The lowest BCUT2D eigenvalue weighted by atomic mass is 9.85. The van der Waals surface area contributed by atoms with E-state index in [9.17, 15) is 13.2 Å². The Morgan fingerprint density at radius 2 is 2.10 bits per heavy atom. The first-order valence-corrected chi connectivity index (χ1v) is 12.6. The molecule has 1 aliphatic heterocycles. The molecule has 2 heterocycles. The molecule has 2 atom stereocenters. The number of amides is 1. The zero-order valence-electron chi connectivity index (χ0n) is 17.3. The largest absolute Gasteiger partial charge is 0.377 e. The Balaban J connectivity index is 1.80. The third kappa shape index (κ3) is 5.62. The topological polar surface area (TPSA) is 84.5 Å². The zero-order chi connectivity index (χ0) is 21.9. The van der Waals surface area contributed by atoms with Crippen LogP contribution < -0.4 is 10.0 Å². The summed E-state index contributed by atoms with van der Waals surface area (Å²) < 4.78 is 33.6. The summed E-state index contributed by atoms with van der Waals surface area (Å²) in [4.78, 5) is 13.9. The number of nitrogens with one attached hydrogen (secondary N) is 2. The minimum Gasteiger partial charge on any atom is -0.377 e. The minimum absolute atomic E-state index is 0.0667. The Hall–Kier alpha value is -1.45. The fourth-order valence-electron chi connectivity index (χ4n) is 3.32. The molecule has 0 radical (unpaired) electrons. The molecule has 9 heteroatoms. The highest BCUT2D eigenvalue weighted by atomic mass is 35.5. The van der Waals surface area contributed by atoms with Crippen LogP contribution >= 0.6 is 22.9 Å². The van der Waals surface area contributed by atoms with E-state index < -0.39 is 10.0 Å². The number of sulfonamides is 1. The molecule has 2 unspecified atom stereocenters. The van der Waals surface area contributed by atoms with Crippen molar-refractivity contribution in [3.05, 3.63) is 51.2 Å². The fraction of sp³-hybridized carbons (Fsp3) is 0.476. The highest BCUT2D eigenvalue weighted by Crippen LogP contribution is 2.35. The van der Waals surface area contributed by atoms with Gasteiger partial charge >= 0.3 is 0 Å². The second-order valence-electron chi connectivity index (χ2n) is 8.42. The van der Waals surface area contributed by atoms with Crippen molar-refractivity contribution in [2.45, 2.75) is 50.7 Å². The van der Waals surface area contributed by atoms with Crippen LogP contribution in [0.25, 0.3) is 0 Å². The lowest BCUT2D eigenvalue weighted by Crippen LogP contribution is -2.36. The van der Waals surface area contributed by atoms with Crippen molar-refractivity contribution >= 4 is 38.9 Å². The summed E-state index contributed by atoms with van der Waals surface area (Å²) in [6.45, 7) is 6.96. The Kier molecular flexibility index (Phi) is 7.24. The lowest BCUT2D eigenvalue weighted by Gasteiger charge is -2.31. The third-order valence-corrected chi connectivity index (χ3v) is 7.82. The molecule has 3 rings (SSSR count). The van der Waals surface area contributed by atoms with E-state index in [0.717, 1.165) is 17.7 Å². The van der Waals surface area contributed by atoms with E-state index in [1.165, 1.54) is 18.2 Å². The molecule has 164 valence electrons. The minimum atomic E-state index is -3.87. The summed E-state index contributed by atoms with van der Waals surface area (Å²) in [6, 6.07) is 8.01. The molecule has 30 heavy (non-hydrogen) atoms. The van der Waals surface area contributed by atoms with Gasteiger partial charge in [0, 0.05) is 23.6 Å². The van der Waals surface area contributed by atoms with Gasteiger partial charge in [0.05, 0.1) is 17.2 Å². The molecule has 2 N–H and O–H groups in total. The van der Waals surface area contributed by atoms with Crippen molar-refractivity contribution in [3.8, 4) is 0 Å². The van der Waals surface area contributed by atoms with Crippen molar-refractivity contribution < 1.29 is 17.9 Å². The van der Waals surface area contributed by atoms with Gasteiger partial charge < -0.3 is 10.1 Å². The van der Waals surface area contributed by atoms with Gasteiger partial charge in [-0.2, -0.15) is 0 Å². The Labute approximate surface area is 187 Å². The van der Waals surface area contributed by atoms with Crippen LogP contribution in [0.1, 0.15) is 54.9 Å². The smallest absolute Gasteiger partial charge is 0.251 e. The number of benzene rings is 1. The number of carbonyl (C=O) groups is 1. The Morgan fingerprint density at radius 1 is 1.33 bits per heavy atom. The average molecular weight is 471 g/mol. The maximum Gasteiger partial charge on any atom is 0.251 e. The SMILES string of the molecule is CC(C)(C)C(NC(=O)c1ccc(Cl)c(S(=O)(=O)NCC2CCCO2)c1)c1cccs1. The number of thiophene rings is 1. The first-order valence-electron chi connectivity index (χ1n) is 9.83. The molecule has 1 aromatic heterocycles. The van der Waals surface area contributed by atoms with E-state index in [1.54, 1.807) is 11.3 Å². The summed E-state index contributed by atoms with van der Waals surface area (Å²) >= 11 is 7.73. The van der Waals surface area contributed by atoms with E-state index in [1.807, 2.05) is 38.3 Å². The van der Waals surface area contributed by atoms with Crippen LogP contribution in [-0.4, -0.2) is 33.6 Å². The van der Waals surface area contributed by atoms with Crippen LogP contribution in [0.3, 0.4) is 0 Å². The zero-order valence-corrected chi connectivity index (χ0v) is 19.7. The van der Waals surface area contributed by atoms with Crippen LogP contribution in [-0.2, 0) is 14.8 Å². The van der Waals surface area contributed by atoms with Gasteiger partial charge in [-0.15, -0.1) is 11.3 Å². The number of carbonyl (C=O) groups excluding carboxylic acids is 1. The normalized spacial score (nSPS) is 18.3. The van der Waals surface area contributed by atoms with E-state index in [0.29, 0.717) is 6.61 Å². The molecule has 0 aliphatic carbocycles. The van der Waals surface area contributed by atoms with Gasteiger partial charge in [-0.1, -0.05) is 38.4 Å². The van der Waals surface area contributed by atoms with Crippen LogP contribution in [0.5, 0.6) is 0 Å². The predicted octanol–water partition coefficient (Wildman–Crippen LogP) is 4.38. The van der Waals surface area contributed by atoms with Gasteiger partial charge in [-0.05, 0) is 47.9 Å². The Morgan fingerprint density at radius 3 is 2.70 bits per heavy atom. The fourth-order valence-corrected chi connectivity index (χ4v) is 5.93. The molecular weight excluding hydrogens is 444 g/mol. The van der Waals surface area contributed by atoms with Gasteiger partial charge in [-0.3, -0.25) is 4.79 Å². The maximum atomic E-state index is 13.0. The lowest BCUT2D eigenvalue weighted by molar-refractivity contribution is 0.0903. The molecule has 6 nitrogen and oxygen atoms in total. The molecule has 0 spiro atoms. The first kappa shape index (κ1) is 23.2. The number of ether oxygens (including phenoxy) is 1. The van der Waals surface area contributed by atoms with E-state index in [2.05, 4.69) is 10.0 Å². The second kappa shape index (κ2) is 9.36. The number of halogens is 1. The second-order valence-corrected chi connectivity index (χ2v) is 11.5. The maximum absolute atomic E-state index is 13.0. The molecule has 1 saturated heterocycles. The monoisotopic (exact) mass is 470 g/mol. The first-order chi connectivity index (χ1) is 14.1. The van der Waals surface area contributed by atoms with Crippen molar-refractivity contribution in [2.75, 3.05) is 13.2 Å². The average Bonchev–Trinajstić information content (AvgIpc) is 3.37. The van der Waals surface area contributed by atoms with Crippen LogP contribution in [0.4, 0.5) is 0 Å². The molecule has 1 aliphatic rings. The van der Waals surface area contributed by atoms with E-state index in [-0.39, 0.29) is 45.5 Å². The van der Waals surface area contributed by atoms with Crippen LogP contribution in [0.2, 0.25) is 5.02 Å². The number of hydrogen-bond donors (Lipinski definition) is 2. The standard InChI is InChI=1S/C21H27ClN2O4S2/c1-21(2,3)19(17-7-5-11-29-17)24-20(25)14-8-9-16(22)18(12-14)30(26,27)23-13-15-6-4-10-28-15/h5,7-9,11-12,15,19,23H,4,6,10,13H2,1-3H3,(H,24,25). The van der Waals surface area contributed by atoms with Crippen molar-refractivity contribution in [3.63, 3.8) is 0 Å². The quantitative estimate of drug-likeness (QED) is 0.629. The molecule has 1 fully saturated rings. The molecular formula is C21H27ClN2O4S2. The van der Waals surface area contributed by atoms with Gasteiger partial charge in [0.25, 0.3) is 5.91 Å². The van der Waals surface area contributed by atoms with Gasteiger partial charge in [0.1, 0.15) is 4.90 Å². The summed E-state index contributed by atoms with van der Waals surface area (Å²) in [6.07, 6.45) is 1.60. The number of hydrogen-bond acceptors (Lipinski definition) is 5. The molecule has 1 amide bonds. The van der Waals surface area contributed by atoms with Crippen LogP contribution in [0, 0.1) is 5.41 Å². The van der Waals surface area contributed by atoms with Crippen molar-refractivity contribution in [2.24, 2.45) is 5.41 Å². The van der Waals surface area contributed by atoms with Crippen molar-refractivity contribution in [1.82, 2.24) is 10.0 Å². The summed E-state index contributed by atoms with van der Waals surface area (Å²) in [5.74, 6) is -0.351. The van der Waals surface area contributed by atoms with Gasteiger partial charge in [-0.25, -0.2) is 13.1 Å². The molecule has 1 aromatic carbocycles.